The first-order chi connectivity index (χ1) is 5.98. The first kappa shape index (κ1) is 8.48. The molecule has 3 nitrogen and oxygen atoms in total. The van der Waals surface area contributed by atoms with Crippen LogP contribution in [0.5, 0.6) is 0 Å². The first-order valence-electron chi connectivity index (χ1n) is 4.37. The van der Waals surface area contributed by atoms with Gasteiger partial charge in [0.1, 0.15) is 0 Å². The fraction of sp³-hybridized carbons (Fsp3) is 0.600. The van der Waals surface area contributed by atoms with Crippen LogP contribution in [0.15, 0.2) is 12.2 Å². The van der Waals surface area contributed by atoms with Crippen LogP contribution in [0.3, 0.4) is 0 Å². The summed E-state index contributed by atoms with van der Waals surface area (Å²) in [6.45, 7) is 4.13. The highest BCUT2D eigenvalue weighted by Gasteiger charge is 2.57. The summed E-state index contributed by atoms with van der Waals surface area (Å²) in [7, 11) is 0. The lowest BCUT2D eigenvalue weighted by atomic mass is 9.62. The van der Waals surface area contributed by atoms with Crippen LogP contribution in [0.4, 0.5) is 0 Å². The lowest BCUT2D eigenvalue weighted by Gasteiger charge is -2.35. The Labute approximate surface area is 76.8 Å². The Hall–Kier alpha value is -1.12. The molecule has 0 spiro atoms. The molecule has 2 atom stereocenters. The van der Waals surface area contributed by atoms with E-state index in [1.165, 1.54) is 6.08 Å². The Bertz CT molecular complexity index is 318. The maximum absolute atomic E-state index is 11.5. The number of rotatable bonds is 0. The smallest absolute Gasteiger partial charge is 0.316 e. The Kier molecular flexibility index (Phi) is 1.45. The van der Waals surface area contributed by atoms with Gasteiger partial charge in [0.2, 0.25) is 0 Å². The summed E-state index contributed by atoms with van der Waals surface area (Å²) >= 11 is 0. The Morgan fingerprint density at radius 3 is 2.77 bits per heavy atom. The molecule has 70 valence electrons. The fourth-order valence-corrected chi connectivity index (χ4v) is 1.98. The number of ketones is 1. The van der Waals surface area contributed by atoms with Crippen LogP contribution in [0.2, 0.25) is 0 Å². The molecular formula is C10H12O3. The second kappa shape index (κ2) is 2.22. The second-order valence-corrected chi connectivity index (χ2v) is 4.32. The van der Waals surface area contributed by atoms with Gasteiger partial charge in [-0.05, 0) is 13.0 Å². The summed E-state index contributed by atoms with van der Waals surface area (Å²) in [5, 5.41) is 0. The third kappa shape index (κ3) is 0.900. The Morgan fingerprint density at radius 1 is 1.38 bits per heavy atom. The molecule has 1 aliphatic heterocycles. The van der Waals surface area contributed by atoms with E-state index in [0.29, 0.717) is 13.0 Å². The van der Waals surface area contributed by atoms with Crippen LogP contribution in [0.1, 0.15) is 20.3 Å². The Balaban J connectivity index is 2.50. The molecule has 0 amide bonds. The van der Waals surface area contributed by atoms with Crippen LogP contribution < -0.4 is 0 Å². The largest absolute Gasteiger partial charge is 0.464 e. The molecule has 2 rings (SSSR count). The molecule has 0 radical (unpaired) electrons. The van der Waals surface area contributed by atoms with Gasteiger partial charge >= 0.3 is 5.97 Å². The minimum atomic E-state index is -0.596. The molecule has 0 aromatic heterocycles. The van der Waals surface area contributed by atoms with Gasteiger partial charge in [-0.1, -0.05) is 13.0 Å². The predicted octanol–water partition coefficient (Wildman–Crippen LogP) is 1.08. The van der Waals surface area contributed by atoms with Crippen molar-refractivity contribution in [2.45, 2.75) is 20.3 Å². The number of fused-ring (bicyclic) bond motifs is 1. The van der Waals surface area contributed by atoms with Crippen molar-refractivity contribution in [3.05, 3.63) is 12.2 Å². The Morgan fingerprint density at radius 2 is 2.08 bits per heavy atom. The molecule has 1 fully saturated rings. The molecule has 3 heteroatoms. The van der Waals surface area contributed by atoms with Crippen molar-refractivity contribution in [2.24, 2.45) is 10.8 Å². The SMILES string of the molecule is C[C@@]12COC(=O)[C@]1(C)C=CC(=O)C2. The van der Waals surface area contributed by atoms with Crippen molar-refractivity contribution in [3.63, 3.8) is 0 Å². The maximum atomic E-state index is 11.5. The third-order valence-electron chi connectivity index (χ3n) is 3.37. The van der Waals surface area contributed by atoms with Gasteiger partial charge in [-0.2, -0.15) is 0 Å². The van der Waals surface area contributed by atoms with Crippen molar-refractivity contribution in [1.29, 1.82) is 0 Å². The van der Waals surface area contributed by atoms with Crippen molar-refractivity contribution in [2.75, 3.05) is 6.61 Å². The molecule has 1 heterocycles. The molecule has 13 heavy (non-hydrogen) atoms. The first-order valence-corrected chi connectivity index (χ1v) is 4.37. The number of carbonyl (C=O) groups excluding carboxylic acids is 2. The van der Waals surface area contributed by atoms with Gasteiger partial charge in [0.25, 0.3) is 0 Å². The highest BCUT2D eigenvalue weighted by molar-refractivity contribution is 5.95. The van der Waals surface area contributed by atoms with E-state index in [-0.39, 0.29) is 17.2 Å². The fourth-order valence-electron chi connectivity index (χ4n) is 1.98. The molecule has 2 aliphatic rings. The van der Waals surface area contributed by atoms with Gasteiger partial charge in [0.15, 0.2) is 5.78 Å². The van der Waals surface area contributed by atoms with Crippen molar-refractivity contribution in [1.82, 2.24) is 0 Å². The van der Waals surface area contributed by atoms with E-state index in [9.17, 15) is 9.59 Å². The van der Waals surface area contributed by atoms with Crippen molar-refractivity contribution < 1.29 is 14.3 Å². The lowest BCUT2D eigenvalue weighted by molar-refractivity contribution is -0.144. The zero-order valence-electron chi connectivity index (χ0n) is 7.79. The molecule has 0 N–H and O–H groups in total. The van der Waals surface area contributed by atoms with Gasteiger partial charge in [0.05, 0.1) is 12.0 Å². The average Bonchev–Trinajstić information content (AvgIpc) is 2.28. The number of hydrogen-bond donors (Lipinski definition) is 0. The zero-order chi connectivity index (χ0) is 9.69. The summed E-state index contributed by atoms with van der Waals surface area (Å²) < 4.78 is 5.01. The van der Waals surface area contributed by atoms with E-state index in [1.807, 2.05) is 13.8 Å². The number of allylic oxidation sites excluding steroid dienone is 1. The van der Waals surface area contributed by atoms with Crippen LogP contribution >= 0.6 is 0 Å². The number of hydrogen-bond acceptors (Lipinski definition) is 3. The van der Waals surface area contributed by atoms with E-state index in [4.69, 9.17) is 4.74 Å². The summed E-state index contributed by atoms with van der Waals surface area (Å²) in [5.41, 5.74) is -0.934. The molecule has 0 bridgehead atoms. The number of ether oxygens (including phenoxy) is 1. The van der Waals surface area contributed by atoms with Gasteiger partial charge in [-0.25, -0.2) is 0 Å². The highest BCUT2D eigenvalue weighted by Crippen LogP contribution is 2.51. The maximum Gasteiger partial charge on any atom is 0.316 e. The predicted molar refractivity (Wildman–Crippen MR) is 45.9 cm³/mol. The minimum Gasteiger partial charge on any atom is -0.464 e. The van der Waals surface area contributed by atoms with Crippen LogP contribution in [0.25, 0.3) is 0 Å². The molecule has 1 saturated heterocycles. The molecular weight excluding hydrogens is 168 g/mol. The van der Waals surface area contributed by atoms with E-state index >= 15 is 0 Å². The van der Waals surface area contributed by atoms with E-state index in [0.717, 1.165) is 0 Å². The lowest BCUT2D eigenvalue weighted by Crippen LogP contribution is -2.41. The zero-order valence-corrected chi connectivity index (χ0v) is 7.79. The highest BCUT2D eigenvalue weighted by atomic mass is 16.5. The van der Waals surface area contributed by atoms with E-state index < -0.39 is 5.41 Å². The second-order valence-electron chi connectivity index (χ2n) is 4.32. The molecule has 1 aliphatic carbocycles. The number of carbonyl (C=O) groups is 2. The van der Waals surface area contributed by atoms with Gasteiger partial charge < -0.3 is 4.74 Å². The standard InChI is InChI=1S/C10H12O3/c1-9-5-7(11)3-4-10(9,2)8(12)13-6-9/h3-4H,5-6H2,1-2H3/t9-,10+/m1/s1. The molecule has 0 aromatic carbocycles. The summed E-state index contributed by atoms with van der Waals surface area (Å²) in [5.74, 6) is -0.128. The summed E-state index contributed by atoms with van der Waals surface area (Å²) in [6.07, 6.45) is 3.59. The topological polar surface area (TPSA) is 43.4 Å². The summed E-state index contributed by atoms with van der Waals surface area (Å²) in [6, 6.07) is 0. The van der Waals surface area contributed by atoms with Crippen LogP contribution in [0, 0.1) is 10.8 Å². The van der Waals surface area contributed by atoms with Crippen molar-refractivity contribution >= 4 is 11.8 Å². The minimum absolute atomic E-state index is 0.0817. The molecule has 0 saturated carbocycles. The normalized spacial score (nSPS) is 43.2. The molecule has 0 unspecified atom stereocenters. The van der Waals surface area contributed by atoms with Gasteiger partial charge in [0, 0.05) is 11.8 Å². The van der Waals surface area contributed by atoms with Crippen molar-refractivity contribution in [3.8, 4) is 0 Å². The van der Waals surface area contributed by atoms with Gasteiger partial charge in [-0.15, -0.1) is 0 Å². The quantitative estimate of drug-likeness (QED) is 0.524. The number of cyclic esters (lactones) is 1. The average molecular weight is 180 g/mol. The molecule has 0 aromatic rings. The summed E-state index contributed by atoms with van der Waals surface area (Å²) in [4.78, 5) is 22.7. The van der Waals surface area contributed by atoms with Crippen LogP contribution in [-0.2, 0) is 14.3 Å². The number of esters is 1. The van der Waals surface area contributed by atoms with E-state index in [2.05, 4.69) is 0 Å². The van der Waals surface area contributed by atoms with Gasteiger partial charge in [-0.3, -0.25) is 9.59 Å². The van der Waals surface area contributed by atoms with E-state index in [1.54, 1.807) is 6.08 Å². The van der Waals surface area contributed by atoms with Crippen LogP contribution in [-0.4, -0.2) is 18.4 Å². The third-order valence-corrected chi connectivity index (χ3v) is 3.37. The monoisotopic (exact) mass is 180 g/mol.